The van der Waals surface area contributed by atoms with E-state index in [1.807, 2.05) is 6.92 Å². The summed E-state index contributed by atoms with van der Waals surface area (Å²) in [6.45, 7) is 8.51. The highest BCUT2D eigenvalue weighted by atomic mass is 79.9. The van der Waals surface area contributed by atoms with Gasteiger partial charge in [0.05, 0.1) is 11.0 Å². The first-order valence-corrected chi connectivity index (χ1v) is 9.14. The average Bonchev–Trinajstić information content (AvgIpc) is 2.94. The predicted octanol–water partition coefficient (Wildman–Crippen LogP) is 4.36. The molecule has 6 atom stereocenters. The molecule has 3 rings (SSSR count). The van der Waals surface area contributed by atoms with Gasteiger partial charge in [0.2, 0.25) is 0 Å². The summed E-state index contributed by atoms with van der Waals surface area (Å²) < 4.78 is 7.15. The molecule has 4 unspecified atom stereocenters. The maximum Gasteiger partial charge on any atom is 0.107 e. The molecule has 20 heavy (non-hydrogen) atoms. The second-order valence-electron chi connectivity index (χ2n) is 7.43. The number of alkyl halides is 2. The van der Waals surface area contributed by atoms with Gasteiger partial charge in [-0.1, -0.05) is 45.7 Å². The minimum absolute atomic E-state index is 0.0962. The SMILES string of the molecule is CC1(Cl)CC(O)C2(CC1Br)C(C)(C)C(Br)=C[C@H]1O[C@]12C. The van der Waals surface area contributed by atoms with Crippen molar-refractivity contribution in [1.29, 1.82) is 0 Å². The molecule has 1 aliphatic heterocycles. The summed E-state index contributed by atoms with van der Waals surface area (Å²) in [5.41, 5.74) is -0.818. The molecule has 1 saturated heterocycles. The van der Waals surface area contributed by atoms with Crippen molar-refractivity contribution in [3.63, 3.8) is 0 Å². The third-order valence-corrected chi connectivity index (χ3v) is 9.34. The third-order valence-electron chi connectivity index (χ3n) is 6.07. The Morgan fingerprint density at radius 1 is 1.30 bits per heavy atom. The number of allylic oxidation sites excluding steroid dienone is 1. The van der Waals surface area contributed by atoms with E-state index in [0.717, 1.165) is 10.9 Å². The zero-order valence-corrected chi connectivity index (χ0v) is 16.1. The fourth-order valence-corrected chi connectivity index (χ4v) is 5.99. The van der Waals surface area contributed by atoms with Crippen LogP contribution in [0.3, 0.4) is 0 Å². The average molecular weight is 429 g/mol. The van der Waals surface area contributed by atoms with Gasteiger partial charge in [-0.2, -0.15) is 0 Å². The topological polar surface area (TPSA) is 32.8 Å². The maximum atomic E-state index is 11.0. The van der Waals surface area contributed by atoms with Crippen LogP contribution in [0.5, 0.6) is 0 Å². The van der Waals surface area contributed by atoms with Crippen LogP contribution in [-0.2, 0) is 4.74 Å². The molecule has 5 heteroatoms. The number of rotatable bonds is 0. The van der Waals surface area contributed by atoms with Crippen LogP contribution >= 0.6 is 43.5 Å². The Bertz CT molecular complexity index is 490. The molecule has 0 radical (unpaired) electrons. The molecule has 0 aromatic heterocycles. The van der Waals surface area contributed by atoms with Gasteiger partial charge >= 0.3 is 0 Å². The van der Waals surface area contributed by atoms with Gasteiger partial charge in [-0.25, -0.2) is 0 Å². The Labute approximate surface area is 142 Å². The molecule has 2 fully saturated rings. The van der Waals surface area contributed by atoms with E-state index >= 15 is 0 Å². The van der Waals surface area contributed by atoms with Crippen LogP contribution in [0.25, 0.3) is 0 Å². The monoisotopic (exact) mass is 426 g/mol. The Hall–Kier alpha value is 0.910. The number of halogens is 3. The smallest absolute Gasteiger partial charge is 0.107 e. The lowest BCUT2D eigenvalue weighted by atomic mass is 9.48. The van der Waals surface area contributed by atoms with E-state index in [0.29, 0.717) is 6.42 Å². The second kappa shape index (κ2) is 4.25. The fraction of sp³-hybridized carbons (Fsp3) is 0.867. The Kier molecular flexibility index (Phi) is 3.36. The standard InChI is InChI=1S/C15H21Br2ClO2/c1-12(2)8(16)5-11-14(4,20-11)15(12)6-9(17)13(3,18)7-10(15)19/h5,9-11,19H,6-7H2,1-4H3/t9?,10?,11-,13?,14-,15?/m1/s1. The lowest BCUT2D eigenvalue weighted by molar-refractivity contribution is -0.124. The molecule has 2 nitrogen and oxygen atoms in total. The molecule has 0 bridgehead atoms. The van der Waals surface area contributed by atoms with Gasteiger partial charge in [-0.15, -0.1) is 11.6 Å². The summed E-state index contributed by atoms with van der Waals surface area (Å²) in [6, 6.07) is 0. The van der Waals surface area contributed by atoms with Crippen molar-refractivity contribution in [1.82, 2.24) is 0 Å². The highest BCUT2D eigenvalue weighted by Crippen LogP contribution is 2.71. The van der Waals surface area contributed by atoms with Crippen LogP contribution in [0.1, 0.15) is 40.5 Å². The quantitative estimate of drug-likeness (QED) is 0.459. The van der Waals surface area contributed by atoms with Gasteiger partial charge in [-0.3, -0.25) is 0 Å². The number of ether oxygens (including phenoxy) is 1. The molecular weight excluding hydrogens is 407 g/mol. The molecule has 114 valence electrons. The molecule has 1 heterocycles. The predicted molar refractivity (Wildman–Crippen MR) is 88.7 cm³/mol. The molecular formula is C15H21Br2ClO2. The van der Waals surface area contributed by atoms with E-state index in [2.05, 4.69) is 58.7 Å². The van der Waals surface area contributed by atoms with E-state index in [-0.39, 0.29) is 27.4 Å². The normalized spacial score (nSPS) is 57.2. The Morgan fingerprint density at radius 3 is 2.50 bits per heavy atom. The molecule has 1 spiro atoms. The summed E-state index contributed by atoms with van der Waals surface area (Å²) in [5.74, 6) is 0. The van der Waals surface area contributed by atoms with Crippen LogP contribution < -0.4 is 0 Å². The lowest BCUT2D eigenvalue weighted by Crippen LogP contribution is -2.64. The lowest BCUT2D eigenvalue weighted by Gasteiger charge is -2.59. The Morgan fingerprint density at radius 2 is 1.90 bits per heavy atom. The van der Waals surface area contributed by atoms with Crippen molar-refractivity contribution >= 4 is 43.5 Å². The number of aliphatic hydroxyl groups excluding tert-OH is 1. The highest BCUT2D eigenvalue weighted by molar-refractivity contribution is 9.11. The van der Waals surface area contributed by atoms with Gasteiger partial charge in [0, 0.05) is 20.1 Å². The van der Waals surface area contributed by atoms with E-state index < -0.39 is 11.0 Å². The Balaban J connectivity index is 2.13. The second-order valence-corrected chi connectivity index (χ2v) is 10.2. The van der Waals surface area contributed by atoms with Crippen LogP contribution in [0.2, 0.25) is 0 Å². The molecule has 0 aromatic carbocycles. The van der Waals surface area contributed by atoms with E-state index in [1.165, 1.54) is 0 Å². The van der Waals surface area contributed by atoms with Gasteiger partial charge in [0.15, 0.2) is 0 Å². The summed E-state index contributed by atoms with van der Waals surface area (Å²) in [4.78, 5) is -0.269. The molecule has 2 aliphatic carbocycles. The van der Waals surface area contributed by atoms with Crippen LogP contribution in [0.4, 0.5) is 0 Å². The molecule has 0 aromatic rings. The van der Waals surface area contributed by atoms with Gasteiger partial charge in [0.25, 0.3) is 0 Å². The third kappa shape index (κ3) is 1.69. The number of hydrogen-bond acceptors (Lipinski definition) is 2. The highest BCUT2D eigenvalue weighted by Gasteiger charge is 2.76. The summed E-state index contributed by atoms with van der Waals surface area (Å²) >= 11 is 14.0. The summed E-state index contributed by atoms with van der Waals surface area (Å²) in [5, 5.41) is 11.0. The van der Waals surface area contributed by atoms with Crippen molar-refractivity contribution in [2.45, 2.75) is 68.0 Å². The molecule has 1 saturated carbocycles. The minimum atomic E-state index is -0.481. The van der Waals surface area contributed by atoms with Crippen LogP contribution in [0, 0.1) is 10.8 Å². The number of fused-ring (bicyclic) bond motifs is 2. The zero-order valence-electron chi connectivity index (χ0n) is 12.2. The molecule has 1 N–H and O–H groups in total. The number of hydrogen-bond donors (Lipinski definition) is 1. The van der Waals surface area contributed by atoms with Crippen molar-refractivity contribution in [2.75, 3.05) is 0 Å². The number of aliphatic hydroxyl groups is 1. The van der Waals surface area contributed by atoms with Crippen LogP contribution in [-0.4, -0.2) is 32.6 Å². The summed E-state index contributed by atoms with van der Waals surface area (Å²) in [6.07, 6.45) is 3.14. The van der Waals surface area contributed by atoms with Gasteiger partial charge in [-0.05, 0) is 32.8 Å². The zero-order chi connectivity index (χ0) is 15.1. The number of epoxide rings is 1. The van der Waals surface area contributed by atoms with Crippen molar-refractivity contribution < 1.29 is 9.84 Å². The van der Waals surface area contributed by atoms with E-state index in [4.69, 9.17) is 16.3 Å². The van der Waals surface area contributed by atoms with Crippen molar-refractivity contribution in [3.05, 3.63) is 10.6 Å². The maximum absolute atomic E-state index is 11.0. The molecule has 0 amide bonds. The van der Waals surface area contributed by atoms with Crippen molar-refractivity contribution in [3.8, 4) is 0 Å². The van der Waals surface area contributed by atoms with Crippen molar-refractivity contribution in [2.24, 2.45) is 10.8 Å². The first kappa shape index (κ1) is 15.8. The van der Waals surface area contributed by atoms with Gasteiger partial charge < -0.3 is 9.84 Å². The van der Waals surface area contributed by atoms with E-state index in [9.17, 15) is 5.11 Å². The first-order chi connectivity index (χ1) is 8.99. The van der Waals surface area contributed by atoms with Crippen LogP contribution in [0.15, 0.2) is 10.6 Å². The minimum Gasteiger partial charge on any atom is -0.392 e. The molecule has 3 aliphatic rings. The van der Waals surface area contributed by atoms with Gasteiger partial charge in [0.1, 0.15) is 11.7 Å². The first-order valence-electron chi connectivity index (χ1n) is 7.06. The summed E-state index contributed by atoms with van der Waals surface area (Å²) in [7, 11) is 0. The fourth-order valence-electron chi connectivity index (χ4n) is 4.47. The van der Waals surface area contributed by atoms with E-state index in [1.54, 1.807) is 0 Å². The largest absolute Gasteiger partial charge is 0.392 e.